The predicted molar refractivity (Wildman–Crippen MR) is 69.2 cm³/mol. The molecular weight excluding hydrogens is 232 g/mol. The van der Waals surface area contributed by atoms with E-state index in [2.05, 4.69) is 6.92 Å². The summed E-state index contributed by atoms with van der Waals surface area (Å²) in [6.45, 7) is 3.09. The number of ether oxygens (including phenoxy) is 2. The normalized spacial score (nSPS) is 24.6. The Morgan fingerprint density at radius 1 is 1.44 bits per heavy atom. The van der Waals surface area contributed by atoms with Gasteiger partial charge in [0.2, 0.25) is 0 Å². The molecule has 0 spiro atoms. The molecule has 0 bridgehead atoms. The zero-order valence-electron chi connectivity index (χ0n) is 11.1. The van der Waals surface area contributed by atoms with Crippen molar-refractivity contribution in [3.63, 3.8) is 0 Å². The predicted octanol–water partition coefficient (Wildman–Crippen LogP) is 2.06. The highest BCUT2D eigenvalue weighted by molar-refractivity contribution is 5.89. The third-order valence-corrected chi connectivity index (χ3v) is 3.14. The second kappa shape index (κ2) is 9.25. The Hall–Kier alpha value is -0.710. The van der Waals surface area contributed by atoms with Crippen LogP contribution in [0.4, 0.5) is 0 Å². The Labute approximate surface area is 109 Å². The molecule has 2 atom stereocenters. The fourth-order valence-corrected chi connectivity index (χ4v) is 2.02. The average molecular weight is 256 g/mol. The molecule has 1 fully saturated rings. The molecule has 1 saturated heterocycles. The zero-order valence-corrected chi connectivity index (χ0v) is 11.1. The van der Waals surface area contributed by atoms with Crippen LogP contribution in [0.1, 0.15) is 39.0 Å². The first-order valence-electron chi connectivity index (χ1n) is 6.79. The van der Waals surface area contributed by atoms with Gasteiger partial charge >= 0.3 is 0 Å². The smallest absolute Gasteiger partial charge is 0.155 e. The van der Waals surface area contributed by atoms with Gasteiger partial charge in [0.1, 0.15) is 6.79 Å². The number of aliphatic hydroxyl groups is 1. The minimum atomic E-state index is -0.110. The van der Waals surface area contributed by atoms with Crippen molar-refractivity contribution in [1.82, 2.24) is 0 Å². The van der Waals surface area contributed by atoms with Crippen LogP contribution in [-0.2, 0) is 14.3 Å². The van der Waals surface area contributed by atoms with Crippen molar-refractivity contribution >= 4 is 5.78 Å². The molecule has 1 aliphatic rings. The SMILES string of the molecule is CCCCCC(=O)C=C[C@@H]1OCOC[C@H]1CCO. The Kier molecular flexibility index (Phi) is 7.89. The molecule has 18 heavy (non-hydrogen) atoms. The lowest BCUT2D eigenvalue weighted by Crippen LogP contribution is -2.33. The van der Waals surface area contributed by atoms with E-state index in [1.807, 2.05) is 6.08 Å². The zero-order chi connectivity index (χ0) is 13.2. The van der Waals surface area contributed by atoms with E-state index in [0.717, 1.165) is 19.3 Å². The van der Waals surface area contributed by atoms with Gasteiger partial charge in [-0.3, -0.25) is 4.79 Å². The molecular formula is C14H24O4. The molecule has 0 aromatic rings. The van der Waals surface area contributed by atoms with Crippen LogP contribution in [0.5, 0.6) is 0 Å². The summed E-state index contributed by atoms with van der Waals surface area (Å²) >= 11 is 0. The van der Waals surface area contributed by atoms with E-state index >= 15 is 0 Å². The molecule has 1 aliphatic heterocycles. The molecule has 1 heterocycles. The number of hydrogen-bond acceptors (Lipinski definition) is 4. The lowest BCUT2D eigenvalue weighted by molar-refractivity contribution is -0.156. The van der Waals surface area contributed by atoms with E-state index in [-0.39, 0.29) is 31.2 Å². The van der Waals surface area contributed by atoms with Crippen molar-refractivity contribution in [2.45, 2.75) is 45.1 Å². The fraction of sp³-hybridized carbons (Fsp3) is 0.786. The molecule has 1 N–H and O–H groups in total. The molecule has 0 radical (unpaired) electrons. The monoisotopic (exact) mass is 256 g/mol. The number of hydrogen-bond donors (Lipinski definition) is 1. The molecule has 0 aliphatic carbocycles. The largest absolute Gasteiger partial charge is 0.396 e. The van der Waals surface area contributed by atoms with Crippen molar-refractivity contribution in [2.24, 2.45) is 5.92 Å². The first-order chi connectivity index (χ1) is 8.77. The number of rotatable bonds is 8. The number of allylic oxidation sites excluding steroid dienone is 1. The molecule has 0 unspecified atom stereocenters. The number of aliphatic hydroxyl groups excluding tert-OH is 1. The highest BCUT2D eigenvalue weighted by Gasteiger charge is 2.23. The average Bonchev–Trinajstić information content (AvgIpc) is 2.38. The van der Waals surface area contributed by atoms with Gasteiger partial charge < -0.3 is 14.6 Å². The van der Waals surface area contributed by atoms with E-state index in [9.17, 15) is 4.79 Å². The van der Waals surface area contributed by atoms with E-state index in [1.165, 1.54) is 0 Å². The summed E-state index contributed by atoms with van der Waals surface area (Å²) in [5.41, 5.74) is 0. The quantitative estimate of drug-likeness (QED) is 0.533. The Morgan fingerprint density at radius 2 is 2.28 bits per heavy atom. The van der Waals surface area contributed by atoms with E-state index < -0.39 is 0 Å². The molecule has 0 saturated carbocycles. The van der Waals surface area contributed by atoms with Crippen LogP contribution in [0.2, 0.25) is 0 Å². The van der Waals surface area contributed by atoms with Gasteiger partial charge in [-0.2, -0.15) is 0 Å². The summed E-state index contributed by atoms with van der Waals surface area (Å²) in [5, 5.41) is 8.95. The molecule has 0 amide bonds. The summed E-state index contributed by atoms with van der Waals surface area (Å²) < 4.78 is 10.6. The molecule has 4 heteroatoms. The van der Waals surface area contributed by atoms with Crippen molar-refractivity contribution < 1.29 is 19.4 Å². The summed E-state index contributed by atoms with van der Waals surface area (Å²) in [5.74, 6) is 0.296. The molecule has 0 aromatic heterocycles. The van der Waals surface area contributed by atoms with Crippen molar-refractivity contribution in [3.8, 4) is 0 Å². The van der Waals surface area contributed by atoms with Gasteiger partial charge in [0.15, 0.2) is 5.78 Å². The van der Waals surface area contributed by atoms with Crippen LogP contribution < -0.4 is 0 Å². The summed E-state index contributed by atoms with van der Waals surface area (Å²) in [4.78, 5) is 11.6. The van der Waals surface area contributed by atoms with Crippen LogP contribution in [0.25, 0.3) is 0 Å². The van der Waals surface area contributed by atoms with Crippen molar-refractivity contribution in [3.05, 3.63) is 12.2 Å². The van der Waals surface area contributed by atoms with Gasteiger partial charge in [-0.05, 0) is 18.9 Å². The van der Waals surface area contributed by atoms with Crippen LogP contribution in [-0.4, -0.2) is 37.0 Å². The lowest BCUT2D eigenvalue weighted by Gasteiger charge is -2.29. The van der Waals surface area contributed by atoms with Gasteiger partial charge in [0.05, 0.1) is 12.7 Å². The van der Waals surface area contributed by atoms with Crippen LogP contribution in [0.15, 0.2) is 12.2 Å². The second-order valence-electron chi connectivity index (χ2n) is 4.67. The standard InChI is InChI=1S/C14H24O4/c1-2-3-4-5-13(16)6-7-14-12(8-9-15)10-17-11-18-14/h6-7,12,14-15H,2-5,8-11H2,1H3/t12-,14+/m1/s1. The van der Waals surface area contributed by atoms with E-state index in [1.54, 1.807) is 6.08 Å². The van der Waals surface area contributed by atoms with E-state index in [4.69, 9.17) is 14.6 Å². The van der Waals surface area contributed by atoms with Crippen LogP contribution >= 0.6 is 0 Å². The summed E-state index contributed by atoms with van der Waals surface area (Å²) in [6, 6.07) is 0. The number of carbonyl (C=O) groups is 1. The minimum absolute atomic E-state index is 0.110. The first-order valence-corrected chi connectivity index (χ1v) is 6.79. The lowest BCUT2D eigenvalue weighted by atomic mass is 9.98. The van der Waals surface area contributed by atoms with Gasteiger partial charge in [-0.1, -0.05) is 25.8 Å². The number of ketones is 1. The first kappa shape index (κ1) is 15.3. The van der Waals surface area contributed by atoms with Gasteiger partial charge in [-0.15, -0.1) is 0 Å². The third kappa shape index (κ3) is 5.76. The maximum absolute atomic E-state index is 11.6. The highest BCUT2D eigenvalue weighted by atomic mass is 16.7. The van der Waals surface area contributed by atoms with Crippen LogP contribution in [0, 0.1) is 5.92 Å². The van der Waals surface area contributed by atoms with Crippen LogP contribution in [0.3, 0.4) is 0 Å². The van der Waals surface area contributed by atoms with Gasteiger partial charge in [0, 0.05) is 18.9 Å². The van der Waals surface area contributed by atoms with E-state index in [0.29, 0.717) is 19.4 Å². The Morgan fingerprint density at radius 3 is 3.00 bits per heavy atom. The van der Waals surface area contributed by atoms with Crippen molar-refractivity contribution in [2.75, 3.05) is 20.0 Å². The number of carbonyl (C=O) groups excluding carboxylic acids is 1. The topological polar surface area (TPSA) is 55.8 Å². The maximum Gasteiger partial charge on any atom is 0.155 e. The highest BCUT2D eigenvalue weighted by Crippen LogP contribution is 2.19. The summed E-state index contributed by atoms with van der Waals surface area (Å²) in [6.07, 6.45) is 7.75. The third-order valence-electron chi connectivity index (χ3n) is 3.14. The second-order valence-corrected chi connectivity index (χ2v) is 4.67. The fourth-order valence-electron chi connectivity index (χ4n) is 2.02. The Bertz CT molecular complexity index is 261. The molecule has 0 aromatic carbocycles. The summed E-state index contributed by atoms with van der Waals surface area (Å²) in [7, 11) is 0. The van der Waals surface area contributed by atoms with Gasteiger partial charge in [-0.25, -0.2) is 0 Å². The molecule has 104 valence electrons. The molecule has 4 nitrogen and oxygen atoms in total. The van der Waals surface area contributed by atoms with Gasteiger partial charge in [0.25, 0.3) is 0 Å². The minimum Gasteiger partial charge on any atom is -0.396 e. The Balaban J connectivity index is 2.35. The maximum atomic E-state index is 11.6. The van der Waals surface area contributed by atoms with Crippen molar-refractivity contribution in [1.29, 1.82) is 0 Å². The molecule has 1 rings (SSSR count). The number of unbranched alkanes of at least 4 members (excludes halogenated alkanes) is 2.